The lowest BCUT2D eigenvalue weighted by Crippen LogP contribution is -2.38. The monoisotopic (exact) mass is 405 g/mol. The van der Waals surface area contributed by atoms with Crippen LogP contribution in [0.4, 0.5) is 0 Å². The fourth-order valence-electron chi connectivity index (χ4n) is 4.58. The third-order valence-electron chi connectivity index (χ3n) is 5.92. The van der Waals surface area contributed by atoms with Crippen LogP contribution in [-0.2, 0) is 0 Å². The van der Waals surface area contributed by atoms with Gasteiger partial charge in [0.2, 0.25) is 0 Å². The zero-order valence-electron chi connectivity index (χ0n) is 16.2. The van der Waals surface area contributed by atoms with Gasteiger partial charge in [-0.15, -0.1) is 0 Å². The number of aromatic amines is 1. The molecule has 1 fully saturated rings. The summed E-state index contributed by atoms with van der Waals surface area (Å²) in [4.78, 5) is 7.20. The number of benzene rings is 2. The van der Waals surface area contributed by atoms with E-state index in [0.29, 0.717) is 23.3 Å². The second kappa shape index (κ2) is 7.56. The van der Waals surface area contributed by atoms with Crippen LogP contribution in [0.15, 0.2) is 53.7 Å². The summed E-state index contributed by atoms with van der Waals surface area (Å²) in [5.41, 5.74) is 11.3. The van der Waals surface area contributed by atoms with Crippen LogP contribution in [0.1, 0.15) is 36.8 Å². The number of amidine groups is 1. The Balaban J connectivity index is 1.69. The molecular formula is C23H24ClN5. The molecule has 0 saturated heterocycles. The number of halogens is 1. The Morgan fingerprint density at radius 2 is 1.90 bits per heavy atom. The topological polar surface area (TPSA) is 70.3 Å². The van der Waals surface area contributed by atoms with Gasteiger partial charge < -0.3 is 10.6 Å². The van der Waals surface area contributed by atoms with Crippen LogP contribution < -0.4 is 5.73 Å². The first-order valence-corrected chi connectivity index (χ1v) is 10.6. The van der Waals surface area contributed by atoms with E-state index in [2.05, 4.69) is 33.3 Å². The van der Waals surface area contributed by atoms with Crippen molar-refractivity contribution in [1.29, 1.82) is 0 Å². The van der Waals surface area contributed by atoms with E-state index >= 15 is 0 Å². The molecule has 1 aliphatic heterocycles. The smallest absolute Gasteiger partial charge is 0.119 e. The van der Waals surface area contributed by atoms with Crippen LogP contribution in [-0.4, -0.2) is 34.0 Å². The van der Waals surface area contributed by atoms with Gasteiger partial charge in [0.15, 0.2) is 0 Å². The Bertz CT molecular complexity index is 1090. The molecule has 3 N–H and O–H groups in total. The fourth-order valence-corrected chi connectivity index (χ4v) is 4.85. The van der Waals surface area contributed by atoms with Gasteiger partial charge in [-0.3, -0.25) is 5.10 Å². The maximum absolute atomic E-state index is 6.59. The zero-order valence-corrected chi connectivity index (χ0v) is 17.0. The molecule has 0 atom stereocenters. The Hall–Kier alpha value is -2.79. The quantitative estimate of drug-likeness (QED) is 0.648. The van der Waals surface area contributed by atoms with Crippen molar-refractivity contribution < 1.29 is 0 Å². The van der Waals surface area contributed by atoms with Crippen LogP contribution in [0, 0.1) is 5.92 Å². The van der Waals surface area contributed by atoms with Crippen LogP contribution in [0.2, 0.25) is 5.02 Å². The third-order valence-corrected chi connectivity index (χ3v) is 6.22. The molecule has 6 heteroatoms. The molecule has 2 heterocycles. The lowest BCUT2D eigenvalue weighted by Gasteiger charge is -2.34. The summed E-state index contributed by atoms with van der Waals surface area (Å²) >= 11 is 6.59. The van der Waals surface area contributed by atoms with Crippen molar-refractivity contribution in [2.75, 3.05) is 13.1 Å². The van der Waals surface area contributed by atoms with E-state index in [0.717, 1.165) is 40.0 Å². The highest BCUT2D eigenvalue weighted by molar-refractivity contribution is 6.35. The fraction of sp³-hybridized carbons (Fsp3) is 0.304. The molecule has 148 valence electrons. The number of fused-ring (bicyclic) bond motifs is 1. The Labute approximate surface area is 175 Å². The van der Waals surface area contributed by atoms with E-state index < -0.39 is 0 Å². The van der Waals surface area contributed by atoms with Crippen molar-refractivity contribution in [3.8, 4) is 0 Å². The summed E-state index contributed by atoms with van der Waals surface area (Å²) in [7, 11) is 0. The van der Waals surface area contributed by atoms with Crippen molar-refractivity contribution in [3.05, 3.63) is 64.8 Å². The average molecular weight is 406 g/mol. The Morgan fingerprint density at radius 1 is 1.10 bits per heavy atom. The molecule has 0 unspecified atom stereocenters. The minimum Gasteiger partial charge on any atom is -0.386 e. The molecule has 2 aliphatic rings. The van der Waals surface area contributed by atoms with Gasteiger partial charge in [-0.1, -0.05) is 54.8 Å². The van der Waals surface area contributed by atoms with Gasteiger partial charge in [-0.2, -0.15) is 5.10 Å². The number of hydrogen-bond donors (Lipinski definition) is 2. The second-order valence-electron chi connectivity index (χ2n) is 7.99. The number of hydrogen-bond acceptors (Lipinski definition) is 4. The second-order valence-corrected chi connectivity index (χ2v) is 8.40. The number of nitrogens with one attached hydrogen (secondary N) is 1. The molecule has 3 aromatic rings. The van der Waals surface area contributed by atoms with Crippen molar-refractivity contribution in [2.45, 2.75) is 25.7 Å². The largest absolute Gasteiger partial charge is 0.386 e. The highest BCUT2D eigenvalue weighted by atomic mass is 35.5. The van der Waals surface area contributed by atoms with E-state index in [-0.39, 0.29) is 0 Å². The summed E-state index contributed by atoms with van der Waals surface area (Å²) in [5.74, 6) is 1.35. The molecule has 0 bridgehead atoms. The highest BCUT2D eigenvalue weighted by Gasteiger charge is 2.27. The minimum absolute atomic E-state index is 0.642. The standard InChI is InChI=1S/C23H24ClN5/c24-19-11-17(10-18-12-26-28-21(18)19)23-22(16-8-2-1-3-9-16)27-20(25)14-29(23)13-15-6-4-5-7-15/h1-3,8-12,15H,4-7,13-14H2,(H2,25,27)(H,26,28). The number of nitrogens with zero attached hydrogens (tertiary/aromatic N) is 3. The van der Waals surface area contributed by atoms with E-state index in [1.807, 2.05) is 30.5 Å². The summed E-state index contributed by atoms with van der Waals surface area (Å²) in [6.07, 6.45) is 7.01. The molecule has 5 nitrogen and oxygen atoms in total. The van der Waals surface area contributed by atoms with Crippen molar-refractivity contribution >= 4 is 39.7 Å². The molecule has 29 heavy (non-hydrogen) atoms. The van der Waals surface area contributed by atoms with Gasteiger partial charge in [0, 0.05) is 23.1 Å². The lowest BCUT2D eigenvalue weighted by atomic mass is 9.99. The Kier molecular flexibility index (Phi) is 4.76. The number of rotatable bonds is 4. The number of H-pyrrole nitrogens is 1. The Morgan fingerprint density at radius 3 is 2.69 bits per heavy atom. The van der Waals surface area contributed by atoms with Crippen LogP contribution in [0.3, 0.4) is 0 Å². The van der Waals surface area contributed by atoms with Gasteiger partial charge in [0.05, 0.1) is 34.7 Å². The average Bonchev–Trinajstić information content (AvgIpc) is 3.40. The van der Waals surface area contributed by atoms with E-state index in [9.17, 15) is 0 Å². The summed E-state index contributed by atoms with van der Waals surface area (Å²) in [5, 5.41) is 8.79. The number of aliphatic imine (C=N–C) groups is 1. The first kappa shape index (κ1) is 18.3. The molecular weight excluding hydrogens is 382 g/mol. The SMILES string of the molecule is NC1=NC(c2ccccc2)=C(c2cc(Cl)c3[nH]ncc3c2)N(CC2CCCC2)C1. The lowest BCUT2D eigenvalue weighted by molar-refractivity contribution is 0.354. The highest BCUT2D eigenvalue weighted by Crippen LogP contribution is 2.38. The molecule has 5 rings (SSSR count). The van der Waals surface area contributed by atoms with Gasteiger partial charge >= 0.3 is 0 Å². The van der Waals surface area contributed by atoms with Gasteiger partial charge in [-0.05, 0) is 30.9 Å². The zero-order chi connectivity index (χ0) is 19.8. The predicted octanol–water partition coefficient (Wildman–Crippen LogP) is 4.91. The molecule has 1 saturated carbocycles. The van der Waals surface area contributed by atoms with Crippen LogP contribution in [0.5, 0.6) is 0 Å². The maximum atomic E-state index is 6.59. The number of aromatic nitrogens is 2. The molecule has 0 radical (unpaired) electrons. The summed E-state index contributed by atoms with van der Waals surface area (Å²) < 4.78 is 0. The van der Waals surface area contributed by atoms with Crippen molar-refractivity contribution in [1.82, 2.24) is 15.1 Å². The van der Waals surface area contributed by atoms with E-state index in [4.69, 9.17) is 22.3 Å². The first-order valence-electron chi connectivity index (χ1n) is 10.2. The normalized spacial score (nSPS) is 18.0. The van der Waals surface area contributed by atoms with Gasteiger partial charge in [0.1, 0.15) is 5.84 Å². The number of nitrogens with two attached hydrogens (primary N) is 1. The molecule has 0 spiro atoms. The molecule has 1 aliphatic carbocycles. The van der Waals surface area contributed by atoms with Gasteiger partial charge in [0.25, 0.3) is 0 Å². The van der Waals surface area contributed by atoms with Crippen LogP contribution in [0.25, 0.3) is 22.3 Å². The first-order chi connectivity index (χ1) is 14.2. The van der Waals surface area contributed by atoms with Crippen LogP contribution >= 0.6 is 11.6 Å². The van der Waals surface area contributed by atoms with E-state index in [1.165, 1.54) is 25.7 Å². The third kappa shape index (κ3) is 3.51. The van der Waals surface area contributed by atoms with Gasteiger partial charge in [-0.25, -0.2) is 4.99 Å². The predicted molar refractivity (Wildman–Crippen MR) is 120 cm³/mol. The van der Waals surface area contributed by atoms with Crippen molar-refractivity contribution in [3.63, 3.8) is 0 Å². The van der Waals surface area contributed by atoms with Crippen molar-refractivity contribution in [2.24, 2.45) is 16.6 Å². The minimum atomic E-state index is 0.642. The summed E-state index contributed by atoms with van der Waals surface area (Å²) in [6, 6.07) is 14.4. The van der Waals surface area contributed by atoms with E-state index in [1.54, 1.807) is 0 Å². The molecule has 0 amide bonds. The molecule has 1 aromatic heterocycles. The maximum Gasteiger partial charge on any atom is 0.119 e. The summed E-state index contributed by atoms with van der Waals surface area (Å²) in [6.45, 7) is 1.63. The molecule has 2 aromatic carbocycles.